The minimum absolute atomic E-state index is 0.565. The Morgan fingerprint density at radius 3 is 2.58 bits per heavy atom. The van der Waals surface area contributed by atoms with E-state index < -0.39 is 0 Å². The second-order valence-corrected chi connectivity index (χ2v) is 8.80. The van der Waals surface area contributed by atoms with Crippen molar-refractivity contribution in [2.45, 2.75) is 13.5 Å². The van der Waals surface area contributed by atoms with Gasteiger partial charge >= 0.3 is 0 Å². The number of nitrogens with two attached hydrogens (primary N) is 1. The Hall–Kier alpha value is -3.23. The molecule has 0 atom stereocenters. The van der Waals surface area contributed by atoms with Gasteiger partial charge in [0.05, 0.1) is 10.2 Å². The summed E-state index contributed by atoms with van der Waals surface area (Å²) in [5.74, 6) is 1.39. The lowest BCUT2D eigenvalue weighted by molar-refractivity contribution is 0.249. The van der Waals surface area contributed by atoms with Gasteiger partial charge in [-0.3, -0.25) is 4.90 Å². The molecule has 0 radical (unpaired) electrons. The Morgan fingerprint density at radius 1 is 1.00 bits per heavy atom. The topological polar surface area (TPSA) is 83.2 Å². The Labute approximate surface area is 185 Å². The van der Waals surface area contributed by atoms with Crippen molar-refractivity contribution in [1.29, 1.82) is 0 Å². The maximum absolute atomic E-state index is 6.48. The van der Waals surface area contributed by atoms with Crippen molar-refractivity contribution in [3.05, 3.63) is 66.0 Å². The maximum Gasteiger partial charge on any atom is 0.189 e. The zero-order valence-electron chi connectivity index (χ0n) is 17.5. The standard InChI is InChI=1S/C23H25N7S/c1-16-6-5-9-18-20(16)27-23(31-18)28-21-19(24)22(26-15-25-21)30-12-10-29(11-13-30)14-17-7-3-2-4-8-17/h2-9,15H,10-14,24H2,1H3,(H,25,26,27,28). The summed E-state index contributed by atoms with van der Waals surface area (Å²) in [6.45, 7) is 6.75. The van der Waals surface area contributed by atoms with Gasteiger partial charge in [-0.15, -0.1) is 0 Å². The molecule has 3 N–H and O–H groups in total. The number of rotatable bonds is 5. The highest BCUT2D eigenvalue weighted by molar-refractivity contribution is 7.22. The number of aryl methyl sites for hydroxylation is 1. The highest BCUT2D eigenvalue weighted by Gasteiger charge is 2.21. The molecule has 158 valence electrons. The first-order valence-electron chi connectivity index (χ1n) is 10.4. The SMILES string of the molecule is Cc1cccc2sc(Nc3ncnc(N4CCN(Cc5ccccc5)CC4)c3N)nc12. The molecule has 2 aromatic heterocycles. The summed E-state index contributed by atoms with van der Waals surface area (Å²) < 4.78 is 1.14. The summed E-state index contributed by atoms with van der Waals surface area (Å²) >= 11 is 1.60. The maximum atomic E-state index is 6.48. The number of fused-ring (bicyclic) bond motifs is 1. The van der Waals surface area contributed by atoms with Crippen LogP contribution in [0.2, 0.25) is 0 Å². The van der Waals surface area contributed by atoms with Crippen molar-refractivity contribution >= 4 is 44.0 Å². The third-order valence-electron chi connectivity index (χ3n) is 5.63. The van der Waals surface area contributed by atoms with Gasteiger partial charge in [0.2, 0.25) is 0 Å². The first-order chi connectivity index (χ1) is 15.2. The number of nitrogen functional groups attached to an aromatic ring is 1. The van der Waals surface area contributed by atoms with Crippen molar-refractivity contribution in [3.63, 3.8) is 0 Å². The molecule has 7 nitrogen and oxygen atoms in total. The summed E-state index contributed by atoms with van der Waals surface area (Å²) in [5.41, 5.74) is 10.6. The third-order valence-corrected chi connectivity index (χ3v) is 6.57. The second kappa shape index (κ2) is 8.49. The Kier molecular flexibility index (Phi) is 5.40. The van der Waals surface area contributed by atoms with E-state index in [4.69, 9.17) is 10.7 Å². The molecule has 0 bridgehead atoms. The molecule has 1 fully saturated rings. The Morgan fingerprint density at radius 2 is 1.81 bits per heavy atom. The number of hydrogen-bond acceptors (Lipinski definition) is 8. The predicted octanol–water partition coefficient (Wildman–Crippen LogP) is 4.04. The molecular weight excluding hydrogens is 406 g/mol. The lowest BCUT2D eigenvalue weighted by atomic mass is 10.2. The van der Waals surface area contributed by atoms with E-state index in [1.807, 2.05) is 6.07 Å². The first kappa shape index (κ1) is 19.7. The van der Waals surface area contributed by atoms with E-state index in [0.29, 0.717) is 11.5 Å². The molecule has 5 rings (SSSR count). The third kappa shape index (κ3) is 4.17. The number of benzene rings is 2. The van der Waals surface area contributed by atoms with Gasteiger partial charge in [-0.1, -0.05) is 53.8 Å². The second-order valence-electron chi connectivity index (χ2n) is 7.77. The fourth-order valence-electron chi connectivity index (χ4n) is 3.94. The highest BCUT2D eigenvalue weighted by atomic mass is 32.1. The van der Waals surface area contributed by atoms with Crippen molar-refractivity contribution in [1.82, 2.24) is 19.9 Å². The van der Waals surface area contributed by atoms with Crippen LogP contribution in [-0.4, -0.2) is 46.0 Å². The molecule has 0 aliphatic carbocycles. The van der Waals surface area contributed by atoms with Crippen LogP contribution >= 0.6 is 11.3 Å². The normalized spacial score (nSPS) is 14.8. The van der Waals surface area contributed by atoms with Gasteiger partial charge in [-0.05, 0) is 24.1 Å². The van der Waals surface area contributed by atoms with E-state index in [9.17, 15) is 0 Å². The smallest absolute Gasteiger partial charge is 0.189 e. The van der Waals surface area contributed by atoms with Crippen LogP contribution in [0.5, 0.6) is 0 Å². The molecule has 8 heteroatoms. The van der Waals surface area contributed by atoms with Crippen molar-refractivity contribution in [2.24, 2.45) is 0 Å². The van der Waals surface area contributed by atoms with E-state index in [1.54, 1.807) is 17.7 Å². The first-order valence-corrected chi connectivity index (χ1v) is 11.2. The molecule has 0 spiro atoms. The molecule has 0 amide bonds. The van der Waals surface area contributed by atoms with Crippen LogP contribution in [0.4, 0.5) is 22.5 Å². The number of para-hydroxylation sites is 1. The zero-order chi connectivity index (χ0) is 21.2. The van der Waals surface area contributed by atoms with Crippen LogP contribution in [0.15, 0.2) is 54.9 Å². The van der Waals surface area contributed by atoms with Gasteiger partial charge in [0, 0.05) is 32.7 Å². The van der Waals surface area contributed by atoms with Gasteiger partial charge in [0.25, 0.3) is 0 Å². The number of anilines is 4. The fraction of sp³-hybridized carbons (Fsp3) is 0.261. The number of nitrogens with one attached hydrogen (secondary N) is 1. The number of aromatic nitrogens is 3. The van der Waals surface area contributed by atoms with Crippen molar-refractivity contribution in [2.75, 3.05) is 42.1 Å². The quantitative estimate of drug-likeness (QED) is 0.493. The molecule has 3 heterocycles. The van der Waals surface area contributed by atoms with Gasteiger partial charge in [0.15, 0.2) is 16.8 Å². The molecule has 2 aromatic carbocycles. The molecule has 1 aliphatic rings. The van der Waals surface area contributed by atoms with E-state index >= 15 is 0 Å². The summed E-state index contributed by atoms with van der Waals surface area (Å²) in [6.07, 6.45) is 1.57. The van der Waals surface area contributed by atoms with E-state index in [-0.39, 0.29) is 0 Å². The number of nitrogens with zero attached hydrogens (tertiary/aromatic N) is 5. The van der Waals surface area contributed by atoms with Crippen molar-refractivity contribution in [3.8, 4) is 0 Å². The average molecular weight is 432 g/mol. The Bertz CT molecular complexity index is 1180. The van der Waals surface area contributed by atoms with Gasteiger partial charge in [-0.2, -0.15) is 0 Å². The largest absolute Gasteiger partial charge is 0.393 e. The van der Waals surface area contributed by atoms with Gasteiger partial charge < -0.3 is 16.0 Å². The minimum atomic E-state index is 0.565. The average Bonchev–Trinajstić information content (AvgIpc) is 3.21. The minimum Gasteiger partial charge on any atom is -0.393 e. The van der Waals surface area contributed by atoms with Gasteiger partial charge in [-0.25, -0.2) is 15.0 Å². The molecule has 0 unspecified atom stereocenters. The van der Waals surface area contributed by atoms with Crippen LogP contribution in [-0.2, 0) is 6.54 Å². The van der Waals surface area contributed by atoms with E-state index in [1.165, 1.54) is 5.56 Å². The summed E-state index contributed by atoms with van der Waals surface area (Å²) in [6, 6.07) is 16.8. The van der Waals surface area contributed by atoms with E-state index in [0.717, 1.165) is 59.5 Å². The molecule has 1 saturated heterocycles. The van der Waals surface area contributed by atoms with E-state index in [2.05, 4.69) is 74.5 Å². The summed E-state index contributed by atoms with van der Waals surface area (Å²) in [7, 11) is 0. The van der Waals surface area contributed by atoms with Gasteiger partial charge in [0.1, 0.15) is 12.0 Å². The lowest BCUT2D eigenvalue weighted by Gasteiger charge is -2.35. The number of thiazole rings is 1. The molecule has 4 aromatic rings. The zero-order valence-corrected chi connectivity index (χ0v) is 18.3. The number of hydrogen-bond donors (Lipinski definition) is 2. The van der Waals surface area contributed by atoms with Crippen LogP contribution in [0.25, 0.3) is 10.2 Å². The molecule has 1 aliphatic heterocycles. The van der Waals surface area contributed by atoms with Crippen LogP contribution in [0.3, 0.4) is 0 Å². The Balaban J connectivity index is 1.29. The fourth-order valence-corrected chi connectivity index (χ4v) is 4.88. The van der Waals surface area contributed by atoms with Crippen LogP contribution in [0.1, 0.15) is 11.1 Å². The lowest BCUT2D eigenvalue weighted by Crippen LogP contribution is -2.46. The highest BCUT2D eigenvalue weighted by Crippen LogP contribution is 2.33. The van der Waals surface area contributed by atoms with Crippen LogP contribution < -0.4 is 16.0 Å². The number of piperazine rings is 1. The summed E-state index contributed by atoms with van der Waals surface area (Å²) in [5, 5.41) is 4.09. The summed E-state index contributed by atoms with van der Waals surface area (Å²) in [4.78, 5) is 18.3. The van der Waals surface area contributed by atoms with Crippen molar-refractivity contribution < 1.29 is 0 Å². The predicted molar refractivity (Wildman–Crippen MR) is 128 cm³/mol. The monoisotopic (exact) mass is 431 g/mol. The molecule has 0 saturated carbocycles. The molecular formula is C23H25N7S. The van der Waals surface area contributed by atoms with Crippen LogP contribution in [0, 0.1) is 6.92 Å². The molecule has 31 heavy (non-hydrogen) atoms.